The monoisotopic (exact) mass is 439 g/mol. The molecule has 1 amide bonds. The smallest absolute Gasteiger partial charge is 0.409 e. The fraction of sp³-hybridized carbons (Fsp3) is 0.400. The quantitative estimate of drug-likeness (QED) is 0.773. The number of halogens is 2. The molecule has 1 aromatic heterocycles. The molecule has 156 valence electrons. The first-order chi connectivity index (χ1) is 13.9. The highest BCUT2D eigenvalue weighted by atomic mass is 35.5. The van der Waals surface area contributed by atoms with Crippen molar-refractivity contribution in [2.75, 3.05) is 32.8 Å². The lowest BCUT2D eigenvalue weighted by atomic mass is 10.2. The highest BCUT2D eigenvalue weighted by molar-refractivity contribution is 6.35. The number of rotatable bonds is 5. The molecule has 0 bridgehead atoms. The van der Waals surface area contributed by atoms with Gasteiger partial charge in [0.25, 0.3) is 5.56 Å². The molecule has 29 heavy (non-hydrogen) atoms. The zero-order valence-corrected chi connectivity index (χ0v) is 17.6. The summed E-state index contributed by atoms with van der Waals surface area (Å²) in [6.45, 7) is 5.17. The van der Waals surface area contributed by atoms with Crippen LogP contribution in [-0.4, -0.2) is 58.4 Å². The Balaban J connectivity index is 1.66. The van der Waals surface area contributed by atoms with Gasteiger partial charge in [0, 0.05) is 54.5 Å². The summed E-state index contributed by atoms with van der Waals surface area (Å²) in [6, 6.07) is 6.81. The Morgan fingerprint density at radius 1 is 1.10 bits per heavy atom. The molecule has 1 N–H and O–H groups in total. The zero-order chi connectivity index (χ0) is 21.0. The molecule has 2 heterocycles. The van der Waals surface area contributed by atoms with E-state index in [4.69, 9.17) is 27.9 Å². The van der Waals surface area contributed by atoms with Gasteiger partial charge in [0.1, 0.15) is 0 Å². The molecule has 0 atom stereocenters. The number of amides is 1. The third kappa shape index (κ3) is 5.23. The molecule has 3 rings (SSSR count). The van der Waals surface area contributed by atoms with Gasteiger partial charge in [0.15, 0.2) is 5.75 Å². The first-order valence-corrected chi connectivity index (χ1v) is 10.1. The second kappa shape index (κ2) is 9.52. The van der Waals surface area contributed by atoms with E-state index in [1.54, 1.807) is 42.3 Å². The van der Waals surface area contributed by atoms with Gasteiger partial charge in [-0.3, -0.25) is 9.69 Å². The van der Waals surface area contributed by atoms with E-state index in [-0.39, 0.29) is 18.4 Å². The van der Waals surface area contributed by atoms with Crippen molar-refractivity contribution in [3.63, 3.8) is 0 Å². The molecule has 0 saturated carbocycles. The van der Waals surface area contributed by atoms with E-state index in [1.165, 1.54) is 4.57 Å². The summed E-state index contributed by atoms with van der Waals surface area (Å²) >= 11 is 12.1. The van der Waals surface area contributed by atoms with Crippen LogP contribution >= 0.6 is 23.2 Å². The van der Waals surface area contributed by atoms with Gasteiger partial charge in [0.05, 0.1) is 13.2 Å². The van der Waals surface area contributed by atoms with E-state index < -0.39 is 5.56 Å². The van der Waals surface area contributed by atoms with E-state index in [0.717, 1.165) is 5.56 Å². The maximum Gasteiger partial charge on any atom is 0.409 e. The van der Waals surface area contributed by atoms with Crippen molar-refractivity contribution in [1.29, 1.82) is 0 Å². The van der Waals surface area contributed by atoms with Crippen LogP contribution in [0.25, 0.3) is 0 Å². The van der Waals surface area contributed by atoms with Gasteiger partial charge in [-0.15, -0.1) is 0 Å². The number of aromatic nitrogens is 1. The average Bonchev–Trinajstić information content (AvgIpc) is 2.70. The van der Waals surface area contributed by atoms with Crippen molar-refractivity contribution >= 4 is 29.3 Å². The number of hydrogen-bond donors (Lipinski definition) is 1. The highest BCUT2D eigenvalue weighted by Gasteiger charge is 2.23. The van der Waals surface area contributed by atoms with Crippen molar-refractivity contribution in [3.05, 3.63) is 62.0 Å². The van der Waals surface area contributed by atoms with Crippen LogP contribution < -0.4 is 5.56 Å². The summed E-state index contributed by atoms with van der Waals surface area (Å²) in [5.41, 5.74) is 0.817. The molecule has 0 aliphatic carbocycles. The van der Waals surface area contributed by atoms with Crippen LogP contribution in [-0.2, 0) is 17.8 Å². The SMILES string of the molecule is CCOC(=O)N1CCN(Cc2ccn(Cc3ccc(Cl)cc3Cl)c(=O)c2O)CC1. The normalized spacial score (nSPS) is 14.8. The fourth-order valence-electron chi connectivity index (χ4n) is 3.23. The molecule has 0 unspecified atom stereocenters. The molecular weight excluding hydrogens is 417 g/mol. The van der Waals surface area contributed by atoms with Gasteiger partial charge in [-0.2, -0.15) is 0 Å². The first-order valence-electron chi connectivity index (χ1n) is 9.38. The van der Waals surface area contributed by atoms with E-state index >= 15 is 0 Å². The number of ether oxygens (including phenoxy) is 1. The lowest BCUT2D eigenvalue weighted by Crippen LogP contribution is -2.48. The van der Waals surface area contributed by atoms with Crippen molar-refractivity contribution in [2.24, 2.45) is 0 Å². The number of aromatic hydroxyl groups is 1. The minimum absolute atomic E-state index is 0.237. The van der Waals surface area contributed by atoms with Gasteiger partial charge in [-0.05, 0) is 30.7 Å². The maximum atomic E-state index is 12.6. The number of piperazine rings is 1. The maximum absolute atomic E-state index is 12.6. The minimum atomic E-state index is -0.473. The Hall–Kier alpha value is -2.22. The molecule has 9 heteroatoms. The second-order valence-corrected chi connectivity index (χ2v) is 7.66. The Bertz CT molecular complexity index is 940. The van der Waals surface area contributed by atoms with E-state index in [2.05, 4.69) is 4.90 Å². The third-order valence-corrected chi connectivity index (χ3v) is 5.46. The summed E-state index contributed by atoms with van der Waals surface area (Å²) in [6.07, 6.45) is 1.34. The van der Waals surface area contributed by atoms with E-state index in [9.17, 15) is 14.7 Å². The van der Waals surface area contributed by atoms with Crippen molar-refractivity contribution in [3.8, 4) is 5.75 Å². The van der Waals surface area contributed by atoms with Crippen LogP contribution in [0.3, 0.4) is 0 Å². The molecule has 1 aliphatic rings. The Kier molecular flexibility index (Phi) is 7.05. The average molecular weight is 440 g/mol. The first kappa shape index (κ1) is 21.5. The van der Waals surface area contributed by atoms with Crippen LogP contribution in [0.4, 0.5) is 4.79 Å². The summed E-state index contributed by atoms with van der Waals surface area (Å²) in [5.74, 6) is -0.273. The second-order valence-electron chi connectivity index (χ2n) is 6.82. The Labute approximate surface area is 179 Å². The molecule has 1 aromatic carbocycles. The molecule has 0 radical (unpaired) electrons. The molecule has 1 aliphatic heterocycles. The molecule has 2 aromatic rings. The summed E-state index contributed by atoms with van der Waals surface area (Å²) in [4.78, 5) is 28.1. The Morgan fingerprint density at radius 2 is 1.83 bits per heavy atom. The van der Waals surface area contributed by atoms with E-state index in [1.807, 2.05) is 0 Å². The number of nitrogens with zero attached hydrogens (tertiary/aromatic N) is 3. The van der Waals surface area contributed by atoms with Crippen molar-refractivity contribution < 1.29 is 14.6 Å². The fourth-order valence-corrected chi connectivity index (χ4v) is 3.70. The third-order valence-electron chi connectivity index (χ3n) is 4.87. The van der Waals surface area contributed by atoms with Crippen LogP contribution in [0.2, 0.25) is 10.0 Å². The number of carbonyl (C=O) groups is 1. The standard InChI is InChI=1S/C20H23Cl2N3O4/c1-2-29-20(28)24-9-7-23(8-10-24)12-15-5-6-25(19(27)18(15)26)13-14-3-4-16(21)11-17(14)22/h3-6,11,26H,2,7-10,12-13H2,1H3. The lowest BCUT2D eigenvalue weighted by Gasteiger charge is -2.34. The van der Waals surface area contributed by atoms with Gasteiger partial charge in [-0.1, -0.05) is 29.3 Å². The molecule has 1 saturated heterocycles. The highest BCUT2D eigenvalue weighted by Crippen LogP contribution is 2.22. The van der Waals surface area contributed by atoms with Crippen LogP contribution in [0.1, 0.15) is 18.1 Å². The van der Waals surface area contributed by atoms with Gasteiger partial charge >= 0.3 is 6.09 Å². The van der Waals surface area contributed by atoms with Crippen molar-refractivity contribution in [1.82, 2.24) is 14.4 Å². The number of pyridine rings is 1. The Morgan fingerprint density at radius 3 is 2.48 bits per heavy atom. The van der Waals surface area contributed by atoms with Gasteiger partial charge < -0.3 is 19.3 Å². The molecule has 0 spiro atoms. The van der Waals surface area contributed by atoms with Crippen LogP contribution in [0.15, 0.2) is 35.3 Å². The van der Waals surface area contributed by atoms with Gasteiger partial charge in [0.2, 0.25) is 0 Å². The molecular formula is C20H23Cl2N3O4. The topological polar surface area (TPSA) is 75.0 Å². The summed E-state index contributed by atoms with van der Waals surface area (Å²) < 4.78 is 6.42. The predicted octanol–water partition coefficient (Wildman–Crippen LogP) is 3.18. The zero-order valence-electron chi connectivity index (χ0n) is 16.1. The van der Waals surface area contributed by atoms with Crippen LogP contribution in [0, 0.1) is 0 Å². The predicted molar refractivity (Wildman–Crippen MR) is 112 cm³/mol. The van der Waals surface area contributed by atoms with Crippen molar-refractivity contribution in [2.45, 2.75) is 20.0 Å². The molecule has 7 nitrogen and oxygen atoms in total. The lowest BCUT2D eigenvalue weighted by molar-refractivity contribution is 0.0776. The minimum Gasteiger partial charge on any atom is -0.503 e. The summed E-state index contributed by atoms with van der Waals surface area (Å²) in [5, 5.41) is 11.4. The number of benzene rings is 1. The summed E-state index contributed by atoms with van der Waals surface area (Å²) in [7, 11) is 0. The van der Waals surface area contributed by atoms with E-state index in [0.29, 0.717) is 54.9 Å². The van der Waals surface area contributed by atoms with Gasteiger partial charge in [-0.25, -0.2) is 4.79 Å². The largest absolute Gasteiger partial charge is 0.503 e. The number of carbonyl (C=O) groups excluding carboxylic acids is 1. The number of hydrogen-bond acceptors (Lipinski definition) is 5. The molecule has 1 fully saturated rings. The van der Waals surface area contributed by atoms with Crippen LogP contribution in [0.5, 0.6) is 5.75 Å².